The second kappa shape index (κ2) is 5.83. The molecule has 3 rings (SSSR count). The highest BCUT2D eigenvalue weighted by Crippen LogP contribution is 2.26. The summed E-state index contributed by atoms with van der Waals surface area (Å²) in [6.45, 7) is 7.56. The number of hydrogen-bond acceptors (Lipinski definition) is 4. The Labute approximate surface area is 140 Å². The van der Waals surface area contributed by atoms with E-state index in [1.54, 1.807) is 12.3 Å². The minimum atomic E-state index is -0.847. The van der Waals surface area contributed by atoms with E-state index < -0.39 is 11.5 Å². The first-order valence-corrected chi connectivity index (χ1v) is 7.91. The number of aromatic nitrogens is 3. The molecule has 1 unspecified atom stereocenters. The van der Waals surface area contributed by atoms with Crippen LogP contribution in [0.2, 0.25) is 0 Å². The summed E-state index contributed by atoms with van der Waals surface area (Å²) in [5.74, 6) is 0.00306. The quantitative estimate of drug-likeness (QED) is 0.722. The first-order valence-electron chi connectivity index (χ1n) is 7.91. The van der Waals surface area contributed by atoms with E-state index in [4.69, 9.17) is 0 Å². The van der Waals surface area contributed by atoms with E-state index in [1.165, 1.54) is 0 Å². The Bertz CT molecular complexity index is 906. The van der Waals surface area contributed by atoms with Crippen LogP contribution >= 0.6 is 0 Å². The maximum atomic E-state index is 12.4. The second-order valence-corrected chi connectivity index (χ2v) is 7.05. The number of carbonyl (C=O) groups excluding carboxylic acids is 1. The number of rotatable bonds is 3. The lowest BCUT2D eigenvalue weighted by Gasteiger charge is -2.14. The van der Waals surface area contributed by atoms with Gasteiger partial charge < -0.3 is 10.1 Å². The predicted octanol–water partition coefficient (Wildman–Crippen LogP) is 3.58. The van der Waals surface area contributed by atoms with Crippen molar-refractivity contribution in [3.05, 3.63) is 59.0 Å². The molecule has 124 valence electrons. The number of Topliss-reactive ketones (excluding diaryl/α,β-unsaturated/α-hetero) is 1. The van der Waals surface area contributed by atoms with Crippen molar-refractivity contribution in [1.82, 2.24) is 15.0 Å². The number of hydrogen-bond donors (Lipinski definition) is 2. The zero-order valence-electron chi connectivity index (χ0n) is 14.3. The number of nitrogens with zero attached hydrogens (tertiary/aromatic N) is 2. The molecule has 0 aliphatic carbocycles. The maximum absolute atomic E-state index is 12.4. The van der Waals surface area contributed by atoms with Crippen molar-refractivity contribution in [1.29, 1.82) is 0 Å². The minimum absolute atomic E-state index is 0.00306. The van der Waals surface area contributed by atoms with Gasteiger partial charge in [-0.1, -0.05) is 45.0 Å². The summed E-state index contributed by atoms with van der Waals surface area (Å²) in [6.07, 6.45) is 0.696. The molecule has 0 fully saturated rings. The molecule has 3 aromatic rings. The Kier molecular flexibility index (Phi) is 3.97. The second-order valence-electron chi connectivity index (χ2n) is 7.05. The average Bonchev–Trinajstić information content (AvgIpc) is 2.95. The zero-order chi connectivity index (χ0) is 17.5. The van der Waals surface area contributed by atoms with Crippen LogP contribution in [0.1, 0.15) is 54.2 Å². The molecule has 1 aromatic carbocycles. The molecule has 5 heteroatoms. The van der Waals surface area contributed by atoms with Crippen LogP contribution in [0.4, 0.5) is 0 Å². The lowest BCUT2D eigenvalue weighted by Crippen LogP contribution is -2.20. The van der Waals surface area contributed by atoms with Crippen molar-refractivity contribution in [3.8, 4) is 0 Å². The van der Waals surface area contributed by atoms with Crippen LogP contribution < -0.4 is 0 Å². The van der Waals surface area contributed by atoms with Crippen LogP contribution in [0.25, 0.3) is 11.2 Å². The van der Waals surface area contributed by atoms with Gasteiger partial charge in [-0.2, -0.15) is 0 Å². The fourth-order valence-electron chi connectivity index (χ4n) is 2.63. The van der Waals surface area contributed by atoms with E-state index in [-0.39, 0.29) is 5.78 Å². The van der Waals surface area contributed by atoms with Gasteiger partial charge in [0.2, 0.25) is 0 Å². The molecular formula is C19H21N3O2. The molecule has 2 heterocycles. The minimum Gasteiger partial charge on any atom is -0.382 e. The van der Waals surface area contributed by atoms with Crippen LogP contribution in [0, 0.1) is 12.3 Å². The third-order valence-electron chi connectivity index (χ3n) is 4.04. The lowest BCUT2D eigenvalue weighted by molar-refractivity contribution is 0.0854. The molecular weight excluding hydrogens is 302 g/mol. The summed E-state index contributed by atoms with van der Waals surface area (Å²) in [5.41, 5.74) is 3.38. The largest absolute Gasteiger partial charge is 0.382 e. The number of aromatic amines is 1. The molecule has 0 amide bonds. The maximum Gasteiger partial charge on any atom is 0.184 e. The first-order chi connectivity index (χ1) is 11.3. The highest BCUT2D eigenvalue weighted by Gasteiger charge is 2.25. The molecule has 0 saturated carbocycles. The Balaban J connectivity index is 2.00. The van der Waals surface area contributed by atoms with E-state index in [9.17, 15) is 9.90 Å². The van der Waals surface area contributed by atoms with Gasteiger partial charge in [0, 0.05) is 5.41 Å². The van der Waals surface area contributed by atoms with Crippen molar-refractivity contribution >= 4 is 16.9 Å². The number of fused-ring (bicyclic) bond motifs is 1. The Hall–Kier alpha value is -2.53. The van der Waals surface area contributed by atoms with Crippen molar-refractivity contribution in [3.63, 3.8) is 0 Å². The number of H-pyrrole nitrogens is 1. The molecule has 0 radical (unpaired) electrons. The summed E-state index contributed by atoms with van der Waals surface area (Å²) in [7, 11) is 0. The number of aliphatic hydroxyl groups is 1. The van der Waals surface area contributed by atoms with Gasteiger partial charge in [0.15, 0.2) is 11.4 Å². The summed E-state index contributed by atoms with van der Waals surface area (Å²) in [4.78, 5) is 24.2. The number of ketones is 1. The van der Waals surface area contributed by atoms with E-state index in [0.717, 1.165) is 11.1 Å². The Morgan fingerprint density at radius 2 is 1.96 bits per heavy atom. The molecule has 0 spiro atoms. The molecule has 2 N–H and O–H groups in total. The first kappa shape index (κ1) is 16.3. The van der Waals surface area contributed by atoms with Gasteiger partial charge in [-0.05, 0) is 24.1 Å². The van der Waals surface area contributed by atoms with E-state index in [2.05, 4.69) is 15.0 Å². The Morgan fingerprint density at radius 3 is 2.62 bits per heavy atom. The molecule has 0 aliphatic heterocycles. The fraction of sp³-hybridized carbons (Fsp3) is 0.316. The smallest absolute Gasteiger partial charge is 0.184 e. The number of benzene rings is 1. The van der Waals surface area contributed by atoms with Crippen molar-refractivity contribution < 1.29 is 9.90 Å². The van der Waals surface area contributed by atoms with Gasteiger partial charge in [-0.25, -0.2) is 9.97 Å². The number of carbonyl (C=O) groups is 1. The molecule has 0 bridgehead atoms. The van der Waals surface area contributed by atoms with Crippen LogP contribution in [0.3, 0.4) is 0 Å². The summed E-state index contributed by atoms with van der Waals surface area (Å²) >= 11 is 0. The summed E-state index contributed by atoms with van der Waals surface area (Å²) in [5, 5.41) is 10.6. The van der Waals surface area contributed by atoms with E-state index >= 15 is 0 Å². The predicted molar refractivity (Wildman–Crippen MR) is 92.9 cm³/mol. The zero-order valence-corrected chi connectivity index (χ0v) is 14.3. The van der Waals surface area contributed by atoms with E-state index in [1.807, 2.05) is 52.0 Å². The molecule has 24 heavy (non-hydrogen) atoms. The summed E-state index contributed by atoms with van der Waals surface area (Å²) < 4.78 is 0. The monoisotopic (exact) mass is 323 g/mol. The van der Waals surface area contributed by atoms with Crippen LogP contribution in [-0.4, -0.2) is 25.8 Å². The van der Waals surface area contributed by atoms with Crippen molar-refractivity contribution in [2.45, 2.75) is 33.8 Å². The Morgan fingerprint density at radius 1 is 1.25 bits per heavy atom. The molecule has 0 aliphatic rings. The van der Waals surface area contributed by atoms with Crippen molar-refractivity contribution in [2.24, 2.45) is 5.41 Å². The lowest BCUT2D eigenvalue weighted by atomic mass is 9.89. The van der Waals surface area contributed by atoms with Gasteiger partial charge in [-0.3, -0.25) is 4.79 Å². The standard InChI is InChI=1S/C19H21N3O2/c1-11-7-5-6-8-12(11)16(23)15-10-20-18-14(21-15)9-13(22-18)17(24)19(2,3)4/h5-10,16,23H,1-4H3,(H,20,22). The van der Waals surface area contributed by atoms with Gasteiger partial charge in [0.25, 0.3) is 0 Å². The van der Waals surface area contributed by atoms with Gasteiger partial charge in [0.1, 0.15) is 11.6 Å². The highest BCUT2D eigenvalue weighted by molar-refractivity contribution is 6.01. The fourth-order valence-corrected chi connectivity index (χ4v) is 2.63. The van der Waals surface area contributed by atoms with Crippen LogP contribution in [0.5, 0.6) is 0 Å². The van der Waals surface area contributed by atoms with Crippen LogP contribution in [0.15, 0.2) is 36.5 Å². The number of aliphatic hydroxyl groups excluding tert-OH is 1. The molecule has 0 saturated heterocycles. The topological polar surface area (TPSA) is 78.9 Å². The average molecular weight is 323 g/mol. The molecule has 1 atom stereocenters. The number of aryl methyl sites for hydroxylation is 1. The summed E-state index contributed by atoms with van der Waals surface area (Å²) in [6, 6.07) is 9.33. The van der Waals surface area contributed by atoms with Gasteiger partial charge in [-0.15, -0.1) is 0 Å². The van der Waals surface area contributed by atoms with E-state index in [0.29, 0.717) is 22.6 Å². The van der Waals surface area contributed by atoms with Crippen LogP contribution in [-0.2, 0) is 0 Å². The SMILES string of the molecule is Cc1ccccc1C(O)c1cnc2[nH]c(C(=O)C(C)(C)C)cc2n1. The van der Waals surface area contributed by atoms with Gasteiger partial charge in [0.05, 0.1) is 17.6 Å². The number of nitrogens with one attached hydrogen (secondary N) is 1. The third-order valence-corrected chi connectivity index (χ3v) is 4.04. The highest BCUT2D eigenvalue weighted by atomic mass is 16.3. The third kappa shape index (κ3) is 2.95. The van der Waals surface area contributed by atoms with Gasteiger partial charge >= 0.3 is 0 Å². The molecule has 5 nitrogen and oxygen atoms in total. The molecule has 2 aromatic heterocycles. The normalized spacial score (nSPS) is 13.2. The van der Waals surface area contributed by atoms with Crippen molar-refractivity contribution in [2.75, 3.05) is 0 Å².